The van der Waals surface area contributed by atoms with E-state index in [1.807, 2.05) is 13.8 Å². The minimum atomic E-state index is -4.09. The summed E-state index contributed by atoms with van der Waals surface area (Å²) in [4.78, 5) is 2.20. The molecule has 1 saturated carbocycles. The molecule has 114 valence electrons. The summed E-state index contributed by atoms with van der Waals surface area (Å²) in [6.45, 7) is 7.29. The largest absolute Gasteiger partial charge is 0.391 e. The number of halogens is 3. The Kier molecular flexibility index (Phi) is 5.68. The molecule has 2 atom stereocenters. The van der Waals surface area contributed by atoms with Crippen molar-refractivity contribution in [2.24, 2.45) is 11.7 Å². The highest BCUT2D eigenvalue weighted by atomic mass is 19.4. The van der Waals surface area contributed by atoms with Gasteiger partial charge in [0.05, 0.1) is 5.92 Å². The highest BCUT2D eigenvalue weighted by Crippen LogP contribution is 2.44. The van der Waals surface area contributed by atoms with E-state index in [0.29, 0.717) is 13.0 Å². The van der Waals surface area contributed by atoms with Crippen molar-refractivity contribution < 1.29 is 13.2 Å². The SMILES string of the molecule is CCCN(C(C)C)C1(CN)CCCC(C(F)(F)F)C1. The number of hydrogen-bond acceptors (Lipinski definition) is 2. The summed E-state index contributed by atoms with van der Waals surface area (Å²) in [7, 11) is 0. The minimum absolute atomic E-state index is 0.158. The zero-order valence-corrected chi connectivity index (χ0v) is 12.3. The minimum Gasteiger partial charge on any atom is -0.329 e. The fourth-order valence-electron chi connectivity index (χ4n) is 3.47. The van der Waals surface area contributed by atoms with Gasteiger partial charge in [-0.25, -0.2) is 0 Å². The lowest BCUT2D eigenvalue weighted by atomic mass is 9.73. The molecule has 1 aliphatic rings. The monoisotopic (exact) mass is 280 g/mol. The molecule has 2 unspecified atom stereocenters. The van der Waals surface area contributed by atoms with Gasteiger partial charge in [-0.3, -0.25) is 4.90 Å². The van der Waals surface area contributed by atoms with Gasteiger partial charge in [0.2, 0.25) is 0 Å². The van der Waals surface area contributed by atoms with Crippen LogP contribution in [0.3, 0.4) is 0 Å². The molecule has 0 saturated heterocycles. The Morgan fingerprint density at radius 3 is 2.42 bits per heavy atom. The fourth-order valence-corrected chi connectivity index (χ4v) is 3.47. The first-order valence-corrected chi connectivity index (χ1v) is 7.30. The van der Waals surface area contributed by atoms with Gasteiger partial charge in [-0.1, -0.05) is 13.3 Å². The molecule has 2 nitrogen and oxygen atoms in total. The second-order valence-electron chi connectivity index (χ2n) is 6.05. The zero-order valence-electron chi connectivity index (χ0n) is 12.3. The average Bonchev–Trinajstić information content (AvgIpc) is 2.34. The Morgan fingerprint density at radius 1 is 1.37 bits per heavy atom. The molecule has 1 fully saturated rings. The summed E-state index contributed by atoms with van der Waals surface area (Å²) in [5.74, 6) is -1.19. The summed E-state index contributed by atoms with van der Waals surface area (Å²) in [6, 6.07) is 0.232. The van der Waals surface area contributed by atoms with Crippen molar-refractivity contribution in [3.8, 4) is 0 Å². The lowest BCUT2D eigenvalue weighted by molar-refractivity contribution is -0.194. The predicted octanol–water partition coefficient (Wildman–Crippen LogP) is 3.56. The number of rotatable bonds is 5. The lowest BCUT2D eigenvalue weighted by Gasteiger charge is -2.50. The molecule has 1 aliphatic carbocycles. The normalized spacial score (nSPS) is 29.2. The molecule has 2 N–H and O–H groups in total. The van der Waals surface area contributed by atoms with E-state index in [4.69, 9.17) is 5.73 Å². The van der Waals surface area contributed by atoms with Crippen LogP contribution in [0.5, 0.6) is 0 Å². The molecule has 0 radical (unpaired) electrons. The number of alkyl halides is 3. The van der Waals surface area contributed by atoms with E-state index in [1.165, 1.54) is 0 Å². The van der Waals surface area contributed by atoms with E-state index in [9.17, 15) is 13.2 Å². The molecule has 19 heavy (non-hydrogen) atoms. The summed E-state index contributed by atoms with van der Waals surface area (Å²) >= 11 is 0. The summed E-state index contributed by atoms with van der Waals surface area (Å²) in [5.41, 5.74) is 5.43. The molecule has 0 heterocycles. The van der Waals surface area contributed by atoms with Crippen molar-refractivity contribution in [1.29, 1.82) is 0 Å². The third-order valence-corrected chi connectivity index (χ3v) is 4.36. The first-order valence-electron chi connectivity index (χ1n) is 7.30. The van der Waals surface area contributed by atoms with Crippen molar-refractivity contribution in [3.63, 3.8) is 0 Å². The predicted molar refractivity (Wildman–Crippen MR) is 71.9 cm³/mol. The Bertz CT molecular complexity index is 278. The third-order valence-electron chi connectivity index (χ3n) is 4.36. The highest BCUT2D eigenvalue weighted by molar-refractivity contribution is 4.99. The number of nitrogens with two attached hydrogens (primary N) is 1. The van der Waals surface area contributed by atoms with E-state index in [2.05, 4.69) is 11.8 Å². The van der Waals surface area contributed by atoms with Gasteiger partial charge in [0, 0.05) is 18.1 Å². The van der Waals surface area contributed by atoms with E-state index >= 15 is 0 Å². The van der Waals surface area contributed by atoms with Crippen LogP contribution < -0.4 is 5.73 Å². The molecule has 0 aliphatic heterocycles. The van der Waals surface area contributed by atoms with Crippen LogP contribution in [0, 0.1) is 5.92 Å². The molecule has 0 aromatic rings. The maximum Gasteiger partial charge on any atom is 0.391 e. The van der Waals surface area contributed by atoms with Crippen LogP contribution in [-0.2, 0) is 0 Å². The molecule has 0 aromatic carbocycles. The van der Waals surface area contributed by atoms with Gasteiger partial charge in [-0.05, 0) is 46.1 Å². The Balaban J connectivity index is 2.94. The first-order chi connectivity index (χ1) is 8.77. The number of nitrogens with zero attached hydrogens (tertiary/aromatic N) is 1. The Hall–Kier alpha value is -0.290. The maximum atomic E-state index is 13.0. The molecular weight excluding hydrogens is 253 g/mol. The average molecular weight is 280 g/mol. The van der Waals surface area contributed by atoms with Gasteiger partial charge < -0.3 is 5.73 Å². The highest BCUT2D eigenvalue weighted by Gasteiger charge is 2.49. The molecular formula is C14H27F3N2. The van der Waals surface area contributed by atoms with E-state index < -0.39 is 17.6 Å². The van der Waals surface area contributed by atoms with Crippen LogP contribution in [0.1, 0.15) is 52.9 Å². The van der Waals surface area contributed by atoms with Crippen molar-refractivity contribution >= 4 is 0 Å². The Morgan fingerprint density at radius 2 is 2.00 bits per heavy atom. The molecule has 0 aromatic heterocycles. The van der Waals surface area contributed by atoms with E-state index in [1.54, 1.807) is 0 Å². The smallest absolute Gasteiger partial charge is 0.329 e. The fraction of sp³-hybridized carbons (Fsp3) is 1.00. The van der Waals surface area contributed by atoms with Gasteiger partial charge in [0.25, 0.3) is 0 Å². The number of hydrogen-bond donors (Lipinski definition) is 1. The van der Waals surface area contributed by atoms with E-state index in [-0.39, 0.29) is 18.9 Å². The van der Waals surface area contributed by atoms with Crippen LogP contribution in [0.2, 0.25) is 0 Å². The standard InChI is InChI=1S/C14H27F3N2/c1-4-8-19(11(2)3)13(10-18)7-5-6-12(9-13)14(15,16)17/h11-12H,4-10,18H2,1-3H3. The van der Waals surface area contributed by atoms with Crippen LogP contribution in [0.4, 0.5) is 13.2 Å². The van der Waals surface area contributed by atoms with Crippen molar-refractivity contribution in [1.82, 2.24) is 4.90 Å². The van der Waals surface area contributed by atoms with Crippen LogP contribution >= 0.6 is 0 Å². The topological polar surface area (TPSA) is 29.3 Å². The second kappa shape index (κ2) is 6.44. The summed E-state index contributed by atoms with van der Waals surface area (Å²) in [5, 5.41) is 0. The van der Waals surface area contributed by atoms with Gasteiger partial charge in [-0.2, -0.15) is 13.2 Å². The second-order valence-corrected chi connectivity index (χ2v) is 6.05. The molecule has 0 amide bonds. The summed E-state index contributed by atoms with van der Waals surface area (Å²) < 4.78 is 39.0. The van der Waals surface area contributed by atoms with Crippen LogP contribution in [0.15, 0.2) is 0 Å². The van der Waals surface area contributed by atoms with Crippen LogP contribution in [-0.4, -0.2) is 35.7 Å². The Labute approximate surface area is 114 Å². The molecule has 5 heteroatoms. The lowest BCUT2D eigenvalue weighted by Crippen LogP contribution is -2.60. The first kappa shape index (κ1) is 16.8. The maximum absolute atomic E-state index is 13.0. The summed E-state index contributed by atoms with van der Waals surface area (Å²) in [6.07, 6.45) is -1.33. The van der Waals surface area contributed by atoms with Gasteiger partial charge in [0.1, 0.15) is 0 Å². The molecule has 0 bridgehead atoms. The van der Waals surface area contributed by atoms with Gasteiger partial charge in [0.15, 0.2) is 0 Å². The zero-order chi connectivity index (χ0) is 14.7. The van der Waals surface area contributed by atoms with Gasteiger partial charge >= 0.3 is 6.18 Å². The molecule has 0 spiro atoms. The van der Waals surface area contributed by atoms with Crippen molar-refractivity contribution in [2.45, 2.75) is 70.6 Å². The molecule has 1 rings (SSSR count). The van der Waals surface area contributed by atoms with Crippen LogP contribution in [0.25, 0.3) is 0 Å². The van der Waals surface area contributed by atoms with E-state index in [0.717, 1.165) is 19.4 Å². The quantitative estimate of drug-likeness (QED) is 0.834. The van der Waals surface area contributed by atoms with Crippen molar-refractivity contribution in [3.05, 3.63) is 0 Å². The van der Waals surface area contributed by atoms with Gasteiger partial charge in [-0.15, -0.1) is 0 Å². The van der Waals surface area contributed by atoms with Crippen molar-refractivity contribution in [2.75, 3.05) is 13.1 Å². The third kappa shape index (κ3) is 3.85.